The van der Waals surface area contributed by atoms with Gasteiger partial charge in [-0.15, -0.1) is 11.3 Å². The molecule has 2 N–H and O–H groups in total. The molecular weight excluding hydrogens is 560 g/mol. The number of thiophene rings is 1. The first-order chi connectivity index (χ1) is 17.8. The van der Waals surface area contributed by atoms with Crippen molar-refractivity contribution in [2.75, 3.05) is 57.9 Å². The first kappa shape index (κ1) is 25.8. The van der Waals surface area contributed by atoms with Crippen molar-refractivity contribution in [2.45, 2.75) is 19.4 Å². The molecule has 2 fully saturated rings. The summed E-state index contributed by atoms with van der Waals surface area (Å²) in [6, 6.07) is 7.84. The highest BCUT2D eigenvalue weighted by Gasteiger charge is 2.43. The van der Waals surface area contributed by atoms with Crippen LogP contribution in [0.2, 0.25) is 0 Å². The van der Waals surface area contributed by atoms with E-state index < -0.39 is 5.54 Å². The van der Waals surface area contributed by atoms with Crippen LogP contribution in [0.1, 0.15) is 13.8 Å². The number of halogens is 1. The lowest BCUT2D eigenvalue weighted by molar-refractivity contribution is -0.130. The minimum Gasteiger partial charge on any atom is -0.492 e. The highest BCUT2D eigenvalue weighted by molar-refractivity contribution is 9.10. The fourth-order valence-corrected chi connectivity index (χ4v) is 5.85. The lowest BCUT2D eigenvalue weighted by Gasteiger charge is -2.26. The van der Waals surface area contributed by atoms with E-state index in [2.05, 4.69) is 59.6 Å². The maximum Gasteiger partial charge on any atom is 0.325 e. The van der Waals surface area contributed by atoms with Crippen LogP contribution in [0.5, 0.6) is 5.75 Å². The second-order valence-electron chi connectivity index (χ2n) is 9.44. The molecule has 0 radical (unpaired) electrons. The van der Waals surface area contributed by atoms with E-state index >= 15 is 0 Å². The standard InChI is InChI=1S/C25H29BrN6O4S/c1-25(2)22(33)32(24(34)30-25)6-5-27-23-28-15-18(26)21(29-23)20-14-16-13-17(3-4-19(16)37-20)36-12-9-31-7-10-35-11-8-31/h3-4,13-15H,5-12H2,1-2H3,(H,30,34)(H,27,28,29). The first-order valence-electron chi connectivity index (χ1n) is 12.2. The monoisotopic (exact) mass is 588 g/mol. The van der Waals surface area contributed by atoms with E-state index in [1.807, 2.05) is 6.07 Å². The normalized spacial score (nSPS) is 17.9. The second-order valence-corrected chi connectivity index (χ2v) is 11.4. The molecule has 3 aromatic rings. The number of benzene rings is 1. The molecule has 1 aromatic carbocycles. The van der Waals surface area contributed by atoms with Crippen LogP contribution in [0.15, 0.2) is 34.9 Å². The highest BCUT2D eigenvalue weighted by atomic mass is 79.9. The van der Waals surface area contributed by atoms with E-state index in [1.165, 1.54) is 4.90 Å². The average molecular weight is 590 g/mol. The molecule has 3 amide bonds. The Morgan fingerprint density at radius 2 is 2.03 bits per heavy atom. The molecule has 2 aliphatic rings. The van der Waals surface area contributed by atoms with Gasteiger partial charge in [0.15, 0.2) is 0 Å². The third-order valence-electron chi connectivity index (χ3n) is 6.31. The molecule has 196 valence electrons. The Morgan fingerprint density at radius 3 is 2.78 bits per heavy atom. The summed E-state index contributed by atoms with van der Waals surface area (Å²) in [6.07, 6.45) is 1.70. The molecule has 4 heterocycles. The summed E-state index contributed by atoms with van der Waals surface area (Å²) in [4.78, 5) is 38.0. The van der Waals surface area contributed by atoms with Crippen molar-refractivity contribution < 1.29 is 19.1 Å². The lowest BCUT2D eigenvalue weighted by atomic mass is 10.1. The maximum absolute atomic E-state index is 12.4. The number of carbonyl (C=O) groups excluding carboxylic acids is 2. The fourth-order valence-electron chi connectivity index (χ4n) is 4.27. The largest absolute Gasteiger partial charge is 0.492 e. The minimum atomic E-state index is -0.882. The highest BCUT2D eigenvalue weighted by Crippen LogP contribution is 2.37. The molecule has 37 heavy (non-hydrogen) atoms. The quantitative estimate of drug-likeness (QED) is 0.365. The number of urea groups is 1. The number of amides is 3. The van der Waals surface area contributed by atoms with Gasteiger partial charge in [0.2, 0.25) is 5.95 Å². The Labute approximate surface area is 227 Å². The molecular formula is C25H29BrN6O4S. The summed E-state index contributed by atoms with van der Waals surface area (Å²) in [7, 11) is 0. The van der Waals surface area contributed by atoms with E-state index in [-0.39, 0.29) is 18.5 Å². The molecule has 0 spiro atoms. The molecule has 0 bridgehead atoms. The zero-order valence-electron chi connectivity index (χ0n) is 20.8. The summed E-state index contributed by atoms with van der Waals surface area (Å²) < 4.78 is 13.3. The van der Waals surface area contributed by atoms with Crippen molar-refractivity contribution in [2.24, 2.45) is 0 Å². The molecule has 0 atom stereocenters. The molecule has 2 aromatic heterocycles. The van der Waals surface area contributed by atoms with Gasteiger partial charge in [-0.05, 0) is 59.4 Å². The molecule has 0 aliphatic carbocycles. The van der Waals surface area contributed by atoms with Crippen LogP contribution in [-0.2, 0) is 9.53 Å². The third-order valence-corrected chi connectivity index (χ3v) is 8.01. The SMILES string of the molecule is CC1(C)NC(=O)N(CCNc2ncc(Br)c(-c3cc4cc(OCCN5CCOCC5)ccc4s3)n2)C1=O. The van der Waals surface area contributed by atoms with Crippen LogP contribution in [0.25, 0.3) is 20.7 Å². The van der Waals surface area contributed by atoms with E-state index in [4.69, 9.17) is 9.47 Å². The van der Waals surface area contributed by atoms with Crippen LogP contribution in [0.4, 0.5) is 10.7 Å². The number of anilines is 1. The Kier molecular flexibility index (Phi) is 7.61. The minimum absolute atomic E-state index is 0.222. The van der Waals surface area contributed by atoms with Crippen LogP contribution < -0.4 is 15.4 Å². The van der Waals surface area contributed by atoms with Crippen molar-refractivity contribution in [1.82, 2.24) is 25.1 Å². The molecule has 2 saturated heterocycles. The molecule has 2 aliphatic heterocycles. The second kappa shape index (κ2) is 10.9. The number of aromatic nitrogens is 2. The van der Waals surface area contributed by atoms with Gasteiger partial charge >= 0.3 is 6.03 Å². The van der Waals surface area contributed by atoms with Gasteiger partial charge in [-0.3, -0.25) is 14.6 Å². The van der Waals surface area contributed by atoms with Gasteiger partial charge in [0.1, 0.15) is 23.6 Å². The number of nitrogens with one attached hydrogen (secondary N) is 2. The van der Waals surface area contributed by atoms with Crippen LogP contribution in [0.3, 0.4) is 0 Å². The molecule has 12 heteroatoms. The van der Waals surface area contributed by atoms with Crippen molar-refractivity contribution in [1.29, 1.82) is 0 Å². The van der Waals surface area contributed by atoms with Gasteiger partial charge in [0.25, 0.3) is 5.91 Å². The fraction of sp³-hybridized carbons (Fsp3) is 0.440. The number of imide groups is 1. The van der Waals surface area contributed by atoms with E-state index in [9.17, 15) is 9.59 Å². The lowest BCUT2D eigenvalue weighted by Crippen LogP contribution is -2.40. The molecule has 5 rings (SSSR count). The Morgan fingerprint density at radius 1 is 1.22 bits per heavy atom. The predicted octanol–water partition coefficient (Wildman–Crippen LogP) is 3.57. The zero-order valence-corrected chi connectivity index (χ0v) is 23.2. The number of rotatable bonds is 9. The number of fused-ring (bicyclic) bond motifs is 1. The molecule has 0 unspecified atom stereocenters. The summed E-state index contributed by atoms with van der Waals surface area (Å²) >= 11 is 5.21. The van der Waals surface area contributed by atoms with Gasteiger partial charge in [0.05, 0.1) is 22.6 Å². The number of hydrogen-bond donors (Lipinski definition) is 2. The molecule has 0 saturated carbocycles. The topological polar surface area (TPSA) is 109 Å². The maximum atomic E-state index is 12.4. The van der Waals surface area contributed by atoms with Crippen LogP contribution in [0, 0.1) is 0 Å². The van der Waals surface area contributed by atoms with Gasteiger partial charge < -0.3 is 20.1 Å². The summed E-state index contributed by atoms with van der Waals surface area (Å²) in [5, 5.41) is 6.89. The van der Waals surface area contributed by atoms with Crippen molar-refractivity contribution in [3.05, 3.63) is 34.9 Å². The number of morpholine rings is 1. The Hall–Kier alpha value is -2.80. The van der Waals surface area contributed by atoms with Crippen molar-refractivity contribution in [3.8, 4) is 16.3 Å². The first-order valence-corrected chi connectivity index (χ1v) is 13.8. The summed E-state index contributed by atoms with van der Waals surface area (Å²) in [6.45, 7) is 8.93. The smallest absolute Gasteiger partial charge is 0.325 e. The zero-order chi connectivity index (χ0) is 26.0. The number of nitrogens with zero attached hydrogens (tertiary/aromatic N) is 4. The van der Waals surface area contributed by atoms with Crippen LogP contribution in [-0.4, -0.2) is 89.8 Å². The van der Waals surface area contributed by atoms with E-state index in [0.29, 0.717) is 19.1 Å². The Bertz CT molecular complexity index is 1310. The number of carbonyl (C=O) groups is 2. The average Bonchev–Trinajstić information content (AvgIpc) is 3.38. The van der Waals surface area contributed by atoms with Gasteiger partial charge in [-0.1, -0.05) is 0 Å². The van der Waals surface area contributed by atoms with Crippen LogP contribution >= 0.6 is 27.3 Å². The number of hydrogen-bond acceptors (Lipinski definition) is 9. The Balaban J connectivity index is 1.22. The number of ether oxygens (including phenoxy) is 2. The summed E-state index contributed by atoms with van der Waals surface area (Å²) in [5.74, 6) is 1.03. The van der Waals surface area contributed by atoms with E-state index in [1.54, 1.807) is 31.4 Å². The van der Waals surface area contributed by atoms with Crippen molar-refractivity contribution >= 4 is 55.2 Å². The van der Waals surface area contributed by atoms with Gasteiger partial charge in [-0.2, -0.15) is 0 Å². The van der Waals surface area contributed by atoms with Gasteiger partial charge in [-0.25, -0.2) is 14.8 Å². The third kappa shape index (κ3) is 5.87. The molecule has 10 nitrogen and oxygen atoms in total. The van der Waals surface area contributed by atoms with E-state index in [0.717, 1.165) is 63.7 Å². The predicted molar refractivity (Wildman–Crippen MR) is 146 cm³/mol. The van der Waals surface area contributed by atoms with Gasteiger partial charge in [0, 0.05) is 43.6 Å². The van der Waals surface area contributed by atoms with Crippen molar-refractivity contribution in [3.63, 3.8) is 0 Å². The summed E-state index contributed by atoms with van der Waals surface area (Å²) in [5.41, 5.74) is -0.114.